The minimum absolute atomic E-state index is 1.06. The van der Waals surface area contributed by atoms with Gasteiger partial charge in [-0.3, -0.25) is 4.99 Å². The Morgan fingerprint density at radius 2 is 2.08 bits per heavy atom. The van der Waals surface area contributed by atoms with E-state index in [-0.39, 0.29) is 0 Å². The van der Waals surface area contributed by atoms with E-state index in [0.29, 0.717) is 0 Å². The highest BCUT2D eigenvalue weighted by Gasteiger charge is 2.01. The Morgan fingerprint density at radius 3 is 2.42 bits per heavy atom. The molecule has 0 spiro atoms. The number of aliphatic imine (C=N–C) groups is 1. The summed E-state index contributed by atoms with van der Waals surface area (Å²) in [5, 5.41) is 0. The van der Waals surface area contributed by atoms with Gasteiger partial charge in [0.15, 0.2) is 0 Å². The van der Waals surface area contributed by atoms with Crippen LogP contribution in [0.5, 0.6) is 0 Å². The highest BCUT2D eigenvalue weighted by molar-refractivity contribution is 6.00. The van der Waals surface area contributed by atoms with Crippen LogP contribution in [0.25, 0.3) is 0 Å². The number of rotatable bonds is 5. The van der Waals surface area contributed by atoms with Crippen molar-refractivity contribution in [1.82, 2.24) is 0 Å². The second-order valence-electron chi connectivity index (χ2n) is 2.68. The third kappa shape index (κ3) is 3.51. The van der Waals surface area contributed by atoms with Gasteiger partial charge < -0.3 is 0 Å². The van der Waals surface area contributed by atoms with E-state index in [1.54, 1.807) is 6.20 Å². The van der Waals surface area contributed by atoms with E-state index < -0.39 is 0 Å². The third-order valence-corrected chi connectivity index (χ3v) is 1.83. The smallest absolute Gasteiger partial charge is 0.0431 e. The lowest BCUT2D eigenvalue weighted by Crippen LogP contribution is -2.00. The van der Waals surface area contributed by atoms with Gasteiger partial charge in [-0.1, -0.05) is 32.9 Å². The molecular formula is C11H19N. The second-order valence-corrected chi connectivity index (χ2v) is 2.68. The zero-order valence-corrected chi connectivity index (χ0v) is 8.43. The Hall–Kier alpha value is -0.850. The van der Waals surface area contributed by atoms with E-state index in [2.05, 4.69) is 38.4 Å². The number of hydrogen-bond donors (Lipinski definition) is 0. The maximum absolute atomic E-state index is 4.27. The predicted molar refractivity (Wildman–Crippen MR) is 56.6 cm³/mol. The van der Waals surface area contributed by atoms with Gasteiger partial charge in [0.2, 0.25) is 0 Å². The van der Waals surface area contributed by atoms with Crippen molar-refractivity contribution >= 4 is 5.71 Å². The molecule has 0 unspecified atom stereocenters. The van der Waals surface area contributed by atoms with Gasteiger partial charge in [0, 0.05) is 11.9 Å². The molecule has 0 saturated heterocycles. The number of allylic oxidation sites excluding steroid dienone is 2. The first-order valence-corrected chi connectivity index (χ1v) is 4.63. The van der Waals surface area contributed by atoms with Crippen LogP contribution in [0, 0.1) is 0 Å². The van der Waals surface area contributed by atoms with E-state index in [1.807, 2.05) is 0 Å². The van der Waals surface area contributed by atoms with E-state index >= 15 is 0 Å². The van der Waals surface area contributed by atoms with Gasteiger partial charge in [-0.2, -0.15) is 0 Å². The van der Waals surface area contributed by atoms with Gasteiger partial charge in [0.25, 0.3) is 0 Å². The van der Waals surface area contributed by atoms with Crippen LogP contribution < -0.4 is 0 Å². The first kappa shape index (κ1) is 11.2. The summed E-state index contributed by atoms with van der Waals surface area (Å²) in [6, 6.07) is 0. The minimum atomic E-state index is 1.06. The topological polar surface area (TPSA) is 12.4 Å². The molecule has 1 nitrogen and oxygen atoms in total. The van der Waals surface area contributed by atoms with Crippen LogP contribution in [0.3, 0.4) is 0 Å². The van der Waals surface area contributed by atoms with Crippen molar-refractivity contribution in [1.29, 1.82) is 0 Å². The molecule has 0 heterocycles. The lowest BCUT2D eigenvalue weighted by atomic mass is 10.0. The van der Waals surface area contributed by atoms with Crippen molar-refractivity contribution in [2.45, 2.75) is 40.0 Å². The fraction of sp³-hybridized carbons (Fsp3) is 0.545. The van der Waals surface area contributed by atoms with Crippen LogP contribution in [-0.4, -0.2) is 5.71 Å². The summed E-state index contributed by atoms with van der Waals surface area (Å²) >= 11 is 0. The summed E-state index contributed by atoms with van der Waals surface area (Å²) in [6.45, 7) is 10.0. The van der Waals surface area contributed by atoms with E-state index in [9.17, 15) is 0 Å². The largest absolute Gasteiger partial charge is 0.262 e. The zero-order valence-electron chi connectivity index (χ0n) is 8.43. The first-order chi connectivity index (χ1) is 5.79. The van der Waals surface area contributed by atoms with E-state index in [4.69, 9.17) is 0 Å². The van der Waals surface area contributed by atoms with Crippen molar-refractivity contribution in [3.63, 3.8) is 0 Å². The van der Waals surface area contributed by atoms with Crippen molar-refractivity contribution in [3.8, 4) is 0 Å². The molecule has 1 heteroatoms. The highest BCUT2D eigenvalue weighted by atomic mass is 14.7. The third-order valence-electron chi connectivity index (χ3n) is 1.83. The molecular weight excluding hydrogens is 146 g/mol. The summed E-state index contributed by atoms with van der Waals surface area (Å²) in [5.74, 6) is 0. The lowest BCUT2D eigenvalue weighted by Gasteiger charge is -2.05. The van der Waals surface area contributed by atoms with E-state index in [1.165, 1.54) is 11.3 Å². The monoisotopic (exact) mass is 165 g/mol. The first-order valence-electron chi connectivity index (χ1n) is 4.63. The van der Waals surface area contributed by atoms with Crippen molar-refractivity contribution in [2.75, 3.05) is 0 Å². The van der Waals surface area contributed by atoms with Gasteiger partial charge in [-0.15, -0.1) is 0 Å². The fourth-order valence-corrected chi connectivity index (χ4v) is 1.23. The molecule has 0 saturated carbocycles. The van der Waals surface area contributed by atoms with Crippen LogP contribution in [0.2, 0.25) is 0 Å². The SMILES string of the molecule is C=C/N=C(CCC)\C(=C/C)CC. The van der Waals surface area contributed by atoms with E-state index in [0.717, 1.165) is 19.3 Å². The standard InChI is InChI=1S/C11H19N/c1-5-9-11(12-8-4)10(6-2)7-3/h6,8H,4-5,7,9H2,1-3H3/b10-6-,12-11-. The van der Waals surface area contributed by atoms with Crippen molar-refractivity contribution in [3.05, 3.63) is 24.4 Å². The molecule has 0 aliphatic heterocycles. The van der Waals surface area contributed by atoms with Crippen LogP contribution in [0.4, 0.5) is 0 Å². The van der Waals surface area contributed by atoms with Crippen molar-refractivity contribution in [2.24, 2.45) is 4.99 Å². The molecule has 68 valence electrons. The Balaban J connectivity index is 4.48. The quantitative estimate of drug-likeness (QED) is 0.550. The molecule has 0 rings (SSSR count). The Bertz CT molecular complexity index is 187. The average Bonchev–Trinajstić information content (AvgIpc) is 2.07. The summed E-state index contributed by atoms with van der Waals surface area (Å²) in [7, 11) is 0. The van der Waals surface area contributed by atoms with Crippen molar-refractivity contribution < 1.29 is 0 Å². The maximum Gasteiger partial charge on any atom is 0.0431 e. The zero-order chi connectivity index (χ0) is 9.40. The normalized spacial score (nSPS) is 13.2. The molecule has 0 aliphatic rings. The highest BCUT2D eigenvalue weighted by Crippen LogP contribution is 2.09. The van der Waals surface area contributed by atoms with Crippen LogP contribution >= 0.6 is 0 Å². The molecule has 0 aromatic heterocycles. The summed E-state index contributed by atoms with van der Waals surface area (Å²) in [5.41, 5.74) is 2.54. The average molecular weight is 165 g/mol. The molecule has 0 aliphatic carbocycles. The van der Waals surface area contributed by atoms with Crippen LogP contribution in [-0.2, 0) is 0 Å². The molecule has 0 atom stereocenters. The number of nitrogens with zero attached hydrogens (tertiary/aromatic N) is 1. The lowest BCUT2D eigenvalue weighted by molar-refractivity contribution is 0.978. The molecule has 12 heavy (non-hydrogen) atoms. The number of hydrogen-bond acceptors (Lipinski definition) is 1. The molecule has 0 fully saturated rings. The summed E-state index contributed by atoms with van der Waals surface area (Å²) in [4.78, 5) is 4.27. The van der Waals surface area contributed by atoms with Gasteiger partial charge in [0.05, 0.1) is 0 Å². The molecule has 0 bridgehead atoms. The Morgan fingerprint density at radius 1 is 1.42 bits per heavy atom. The van der Waals surface area contributed by atoms with Gasteiger partial charge >= 0.3 is 0 Å². The molecule has 0 radical (unpaired) electrons. The Kier molecular flexibility index (Phi) is 6.35. The summed E-state index contributed by atoms with van der Waals surface area (Å²) in [6.07, 6.45) is 7.02. The maximum atomic E-state index is 4.27. The van der Waals surface area contributed by atoms with Crippen LogP contribution in [0.1, 0.15) is 40.0 Å². The van der Waals surface area contributed by atoms with Gasteiger partial charge in [-0.05, 0) is 25.3 Å². The minimum Gasteiger partial charge on any atom is -0.262 e. The molecule has 0 amide bonds. The predicted octanol–water partition coefficient (Wildman–Crippen LogP) is 3.73. The van der Waals surface area contributed by atoms with Gasteiger partial charge in [0.1, 0.15) is 0 Å². The van der Waals surface area contributed by atoms with Crippen LogP contribution in [0.15, 0.2) is 29.4 Å². The fourth-order valence-electron chi connectivity index (χ4n) is 1.23. The molecule has 0 aromatic carbocycles. The van der Waals surface area contributed by atoms with Gasteiger partial charge in [-0.25, -0.2) is 0 Å². The molecule has 0 aromatic rings. The Labute approximate surface area is 75.9 Å². The second kappa shape index (κ2) is 6.84. The summed E-state index contributed by atoms with van der Waals surface area (Å²) < 4.78 is 0. The molecule has 0 N–H and O–H groups in total.